The van der Waals surface area contributed by atoms with E-state index in [2.05, 4.69) is 10.2 Å². The number of likely N-dealkylation sites (tertiary alicyclic amines) is 1. The fourth-order valence-electron chi connectivity index (χ4n) is 5.61. The number of carbonyl (C=O) groups is 3. The Labute approximate surface area is 234 Å². The Hall–Kier alpha value is -4.20. The van der Waals surface area contributed by atoms with Crippen molar-refractivity contribution in [2.45, 2.75) is 32.1 Å². The molecule has 8 heteroatoms. The summed E-state index contributed by atoms with van der Waals surface area (Å²) in [4.78, 5) is 45.7. The van der Waals surface area contributed by atoms with E-state index < -0.39 is 11.7 Å². The van der Waals surface area contributed by atoms with Crippen LogP contribution in [-0.4, -0.2) is 66.8 Å². The van der Waals surface area contributed by atoms with E-state index in [1.165, 1.54) is 18.2 Å². The van der Waals surface area contributed by atoms with Crippen molar-refractivity contribution in [3.05, 3.63) is 95.3 Å². The molecule has 0 aromatic heterocycles. The first-order valence-corrected chi connectivity index (χ1v) is 14.0. The van der Waals surface area contributed by atoms with Crippen molar-refractivity contribution in [1.82, 2.24) is 9.80 Å². The topological polar surface area (TPSA) is 73.0 Å². The first-order valence-electron chi connectivity index (χ1n) is 14.0. The van der Waals surface area contributed by atoms with Gasteiger partial charge in [0.2, 0.25) is 5.91 Å². The van der Waals surface area contributed by atoms with Crippen molar-refractivity contribution in [3.8, 4) is 0 Å². The number of hydrogen-bond acceptors (Lipinski definition) is 4. The molecule has 0 spiro atoms. The average molecular weight is 543 g/mol. The van der Waals surface area contributed by atoms with Crippen LogP contribution in [0.25, 0.3) is 0 Å². The number of anilines is 2. The highest BCUT2D eigenvalue weighted by Gasteiger charge is 2.30. The third kappa shape index (κ3) is 6.01. The molecule has 3 aromatic carbocycles. The Balaban J connectivity index is 1.33. The molecule has 2 aliphatic heterocycles. The fourth-order valence-corrected chi connectivity index (χ4v) is 5.61. The van der Waals surface area contributed by atoms with Crippen LogP contribution >= 0.6 is 0 Å². The van der Waals surface area contributed by atoms with Crippen LogP contribution in [0.15, 0.2) is 72.8 Å². The predicted molar refractivity (Wildman–Crippen MR) is 154 cm³/mol. The summed E-state index contributed by atoms with van der Waals surface area (Å²) in [5.74, 6) is -1.02. The molecule has 40 heavy (non-hydrogen) atoms. The average Bonchev–Trinajstić information content (AvgIpc) is 3.53. The minimum Gasteiger partial charge on any atom is -0.367 e. The van der Waals surface area contributed by atoms with Gasteiger partial charge in [-0.2, -0.15) is 0 Å². The molecular weight excluding hydrogens is 507 g/mol. The normalized spacial score (nSPS) is 16.1. The minimum atomic E-state index is -0.487. The van der Waals surface area contributed by atoms with Crippen molar-refractivity contribution in [1.29, 1.82) is 0 Å². The third-order valence-corrected chi connectivity index (χ3v) is 7.81. The zero-order chi connectivity index (χ0) is 28.1. The summed E-state index contributed by atoms with van der Waals surface area (Å²) in [7, 11) is 0. The highest BCUT2D eigenvalue weighted by atomic mass is 19.1. The van der Waals surface area contributed by atoms with Gasteiger partial charge in [0.15, 0.2) is 0 Å². The monoisotopic (exact) mass is 542 g/mol. The minimum absolute atomic E-state index is 0.0667. The van der Waals surface area contributed by atoms with E-state index >= 15 is 0 Å². The van der Waals surface area contributed by atoms with Gasteiger partial charge in [-0.3, -0.25) is 14.4 Å². The Kier molecular flexibility index (Phi) is 8.43. The van der Waals surface area contributed by atoms with Crippen LogP contribution in [-0.2, 0) is 4.79 Å². The Bertz CT molecular complexity index is 1370. The maximum Gasteiger partial charge on any atom is 0.256 e. The molecule has 3 aromatic rings. The zero-order valence-corrected chi connectivity index (χ0v) is 22.8. The summed E-state index contributed by atoms with van der Waals surface area (Å²) in [5.41, 5.74) is 3.03. The lowest BCUT2D eigenvalue weighted by Crippen LogP contribution is -2.50. The second-order valence-corrected chi connectivity index (χ2v) is 10.4. The van der Waals surface area contributed by atoms with Crippen LogP contribution in [0.3, 0.4) is 0 Å². The van der Waals surface area contributed by atoms with Crippen molar-refractivity contribution in [2.75, 3.05) is 49.5 Å². The van der Waals surface area contributed by atoms with Gasteiger partial charge in [0.1, 0.15) is 5.82 Å². The van der Waals surface area contributed by atoms with Crippen molar-refractivity contribution < 1.29 is 18.8 Å². The van der Waals surface area contributed by atoms with E-state index in [0.29, 0.717) is 50.5 Å². The van der Waals surface area contributed by atoms with Crippen LogP contribution in [0.4, 0.5) is 15.8 Å². The number of halogens is 1. The van der Waals surface area contributed by atoms with Crippen LogP contribution in [0, 0.1) is 5.82 Å². The van der Waals surface area contributed by atoms with Crippen molar-refractivity contribution in [3.63, 3.8) is 0 Å². The van der Waals surface area contributed by atoms with E-state index in [9.17, 15) is 18.8 Å². The molecule has 7 nitrogen and oxygen atoms in total. The molecule has 3 amide bonds. The zero-order valence-electron chi connectivity index (χ0n) is 22.8. The molecule has 2 heterocycles. The molecule has 0 saturated carbocycles. The molecule has 208 valence electrons. The number of amides is 3. The summed E-state index contributed by atoms with van der Waals surface area (Å²) < 4.78 is 13.6. The predicted octanol–water partition coefficient (Wildman–Crippen LogP) is 5.16. The highest BCUT2D eigenvalue weighted by Crippen LogP contribution is 2.29. The Morgan fingerprint density at radius 2 is 1.55 bits per heavy atom. The lowest BCUT2D eigenvalue weighted by Gasteiger charge is -2.38. The van der Waals surface area contributed by atoms with Crippen LogP contribution in [0.1, 0.15) is 58.4 Å². The lowest BCUT2D eigenvalue weighted by molar-refractivity contribution is -0.133. The molecule has 0 unspecified atom stereocenters. The SMILES string of the molecule is CC[C@H](C(=O)N1CCN(c2ccc(NC(=O)c3cccc(F)c3)cc2C(=O)N2CCCC2)CC1)c1ccccc1. The van der Waals surface area contributed by atoms with Crippen LogP contribution in [0.2, 0.25) is 0 Å². The number of rotatable bonds is 7. The van der Waals surface area contributed by atoms with Gasteiger partial charge in [-0.1, -0.05) is 43.3 Å². The van der Waals surface area contributed by atoms with Gasteiger partial charge >= 0.3 is 0 Å². The third-order valence-electron chi connectivity index (χ3n) is 7.81. The summed E-state index contributed by atoms with van der Waals surface area (Å²) >= 11 is 0. The van der Waals surface area contributed by atoms with E-state index in [1.54, 1.807) is 18.2 Å². The second-order valence-electron chi connectivity index (χ2n) is 10.4. The smallest absolute Gasteiger partial charge is 0.256 e. The van der Waals surface area contributed by atoms with Gasteiger partial charge in [0.25, 0.3) is 11.8 Å². The van der Waals surface area contributed by atoms with E-state index in [-0.39, 0.29) is 23.3 Å². The summed E-state index contributed by atoms with van der Waals surface area (Å²) in [6.07, 6.45) is 2.68. The largest absolute Gasteiger partial charge is 0.367 e. The van der Waals surface area contributed by atoms with Gasteiger partial charge in [0.05, 0.1) is 11.5 Å². The molecule has 5 rings (SSSR count). The molecule has 1 atom stereocenters. The van der Waals surface area contributed by atoms with Crippen molar-refractivity contribution in [2.24, 2.45) is 0 Å². The maximum atomic E-state index is 13.6. The molecule has 0 bridgehead atoms. The Morgan fingerprint density at radius 3 is 2.23 bits per heavy atom. The van der Waals surface area contributed by atoms with Crippen molar-refractivity contribution >= 4 is 29.1 Å². The second kappa shape index (κ2) is 12.3. The number of nitrogens with zero attached hydrogens (tertiary/aromatic N) is 3. The molecule has 2 fully saturated rings. The molecule has 2 aliphatic rings. The fraction of sp³-hybridized carbons (Fsp3) is 0.344. The molecule has 0 aliphatic carbocycles. The molecule has 0 radical (unpaired) electrons. The lowest BCUT2D eigenvalue weighted by atomic mass is 9.94. The van der Waals surface area contributed by atoms with Gasteiger partial charge in [0, 0.05) is 56.2 Å². The van der Waals surface area contributed by atoms with Gasteiger partial charge in [-0.05, 0) is 61.2 Å². The Morgan fingerprint density at radius 1 is 0.825 bits per heavy atom. The van der Waals surface area contributed by atoms with Gasteiger partial charge in [-0.15, -0.1) is 0 Å². The molecule has 1 N–H and O–H groups in total. The van der Waals surface area contributed by atoms with Gasteiger partial charge < -0.3 is 20.0 Å². The maximum absolute atomic E-state index is 13.6. The highest BCUT2D eigenvalue weighted by molar-refractivity contribution is 6.06. The molecular formula is C32H35FN4O3. The van der Waals surface area contributed by atoms with Crippen LogP contribution < -0.4 is 10.2 Å². The number of hydrogen-bond donors (Lipinski definition) is 1. The van der Waals surface area contributed by atoms with E-state index in [1.807, 2.05) is 53.1 Å². The van der Waals surface area contributed by atoms with Gasteiger partial charge in [-0.25, -0.2) is 4.39 Å². The summed E-state index contributed by atoms with van der Waals surface area (Å²) in [6, 6.07) is 20.8. The quantitative estimate of drug-likeness (QED) is 0.448. The van der Waals surface area contributed by atoms with Crippen LogP contribution in [0.5, 0.6) is 0 Å². The number of carbonyl (C=O) groups excluding carboxylic acids is 3. The van der Waals surface area contributed by atoms with E-state index in [0.717, 1.165) is 30.5 Å². The molecule has 2 saturated heterocycles. The summed E-state index contributed by atoms with van der Waals surface area (Å²) in [5, 5.41) is 2.81. The number of nitrogens with one attached hydrogen (secondary N) is 1. The first kappa shape index (κ1) is 27.4. The first-order chi connectivity index (χ1) is 19.4. The standard InChI is InChI=1S/C32H35FN4O3/c1-2-27(23-9-4-3-5-10-23)31(39)37-19-17-35(18-20-37)29-14-13-26(22-28(29)32(40)36-15-6-7-16-36)34-30(38)24-11-8-12-25(33)21-24/h3-5,8-14,21-22,27H,2,6-7,15-20H2,1H3,(H,34,38)/t27-/m0/s1. The number of benzene rings is 3. The number of piperazine rings is 1. The van der Waals surface area contributed by atoms with E-state index in [4.69, 9.17) is 0 Å². The summed E-state index contributed by atoms with van der Waals surface area (Å²) in [6.45, 7) is 5.79.